The van der Waals surface area contributed by atoms with Gasteiger partial charge < -0.3 is 4.57 Å². The number of aromatic nitrogens is 4. The summed E-state index contributed by atoms with van der Waals surface area (Å²) in [7, 11) is 1.64. The number of unbranched alkanes of at least 4 members (excludes halogenated alkanes) is 9. The lowest BCUT2D eigenvalue weighted by Gasteiger charge is -2.08. The van der Waals surface area contributed by atoms with E-state index in [2.05, 4.69) is 23.5 Å². The second-order valence-electron chi connectivity index (χ2n) is 7.96. The SMILES string of the molecule is C=C(C)CSc1nc2c(c(=O)[nH]c(=O)n2C)n1CCCCCCCCCCCC. The van der Waals surface area contributed by atoms with E-state index in [0.717, 1.165) is 35.9 Å². The van der Waals surface area contributed by atoms with Crippen molar-refractivity contribution in [3.05, 3.63) is 33.0 Å². The monoisotopic (exact) mass is 420 g/mol. The first-order chi connectivity index (χ1) is 14.0. The zero-order valence-electron chi connectivity index (χ0n) is 18.3. The molecule has 0 radical (unpaired) electrons. The molecule has 0 aliphatic carbocycles. The molecule has 2 heterocycles. The molecule has 0 atom stereocenters. The minimum Gasteiger partial charge on any atom is -0.313 e. The Morgan fingerprint density at radius 1 is 1.03 bits per heavy atom. The summed E-state index contributed by atoms with van der Waals surface area (Å²) in [6, 6.07) is 0. The zero-order chi connectivity index (χ0) is 21.2. The Balaban J connectivity index is 1.97. The maximum Gasteiger partial charge on any atom is 0.329 e. The van der Waals surface area contributed by atoms with Gasteiger partial charge in [0.05, 0.1) is 0 Å². The standard InChI is InChI=1S/C22H36N4O2S/c1-5-6-7-8-9-10-11-12-13-14-15-26-18-19(23-22(26)29-16-17(2)3)25(4)21(28)24-20(18)27/h2,5-16H2,1,3-4H3,(H,24,27,28). The molecule has 2 aromatic rings. The van der Waals surface area contributed by atoms with Crippen molar-refractivity contribution in [2.45, 2.75) is 89.8 Å². The van der Waals surface area contributed by atoms with Crippen LogP contribution in [0.25, 0.3) is 11.2 Å². The van der Waals surface area contributed by atoms with E-state index in [1.165, 1.54) is 55.9 Å². The highest BCUT2D eigenvalue weighted by molar-refractivity contribution is 7.99. The largest absolute Gasteiger partial charge is 0.329 e. The molecule has 2 rings (SSSR count). The number of hydrogen-bond acceptors (Lipinski definition) is 4. The average Bonchev–Trinajstić information content (AvgIpc) is 3.05. The maximum absolute atomic E-state index is 12.4. The maximum atomic E-state index is 12.4. The van der Waals surface area contributed by atoms with Crippen LogP contribution in [-0.4, -0.2) is 24.9 Å². The van der Waals surface area contributed by atoms with Crippen LogP contribution in [0, 0.1) is 0 Å². The number of nitrogens with zero attached hydrogens (tertiary/aromatic N) is 3. The highest BCUT2D eigenvalue weighted by Crippen LogP contribution is 2.24. The highest BCUT2D eigenvalue weighted by Gasteiger charge is 2.17. The molecule has 7 heteroatoms. The molecule has 162 valence electrons. The molecular formula is C22H36N4O2S. The van der Waals surface area contributed by atoms with Crippen molar-refractivity contribution in [1.29, 1.82) is 0 Å². The van der Waals surface area contributed by atoms with E-state index in [-0.39, 0.29) is 5.56 Å². The number of thioether (sulfide) groups is 1. The molecule has 0 aromatic carbocycles. The topological polar surface area (TPSA) is 72.7 Å². The number of fused-ring (bicyclic) bond motifs is 1. The Morgan fingerprint density at radius 3 is 2.21 bits per heavy atom. The normalized spacial score (nSPS) is 11.4. The van der Waals surface area contributed by atoms with Crippen molar-refractivity contribution in [1.82, 2.24) is 19.1 Å². The van der Waals surface area contributed by atoms with Gasteiger partial charge in [0.1, 0.15) is 0 Å². The number of nitrogens with one attached hydrogen (secondary N) is 1. The first-order valence-corrected chi connectivity index (χ1v) is 11.9. The Morgan fingerprint density at radius 2 is 1.62 bits per heavy atom. The minimum atomic E-state index is -0.428. The van der Waals surface area contributed by atoms with Gasteiger partial charge in [-0.1, -0.05) is 88.6 Å². The van der Waals surface area contributed by atoms with Gasteiger partial charge in [0.25, 0.3) is 5.56 Å². The van der Waals surface area contributed by atoms with Gasteiger partial charge in [0.2, 0.25) is 0 Å². The lowest BCUT2D eigenvalue weighted by molar-refractivity contribution is 0.527. The van der Waals surface area contributed by atoms with Crippen LogP contribution in [0.4, 0.5) is 0 Å². The second-order valence-corrected chi connectivity index (χ2v) is 8.91. The van der Waals surface area contributed by atoms with Gasteiger partial charge >= 0.3 is 5.69 Å². The van der Waals surface area contributed by atoms with Crippen LogP contribution in [0.2, 0.25) is 0 Å². The molecule has 2 aromatic heterocycles. The number of imidazole rings is 1. The lowest BCUT2D eigenvalue weighted by Crippen LogP contribution is -2.29. The molecule has 0 fully saturated rings. The fourth-order valence-electron chi connectivity index (χ4n) is 3.48. The van der Waals surface area contributed by atoms with Gasteiger partial charge in [-0.25, -0.2) is 9.78 Å². The molecule has 0 amide bonds. The van der Waals surface area contributed by atoms with Crippen molar-refractivity contribution < 1.29 is 0 Å². The summed E-state index contributed by atoms with van der Waals surface area (Å²) >= 11 is 1.57. The predicted molar refractivity (Wildman–Crippen MR) is 123 cm³/mol. The molecule has 0 aliphatic heterocycles. The van der Waals surface area contributed by atoms with E-state index in [4.69, 9.17) is 0 Å². The van der Waals surface area contributed by atoms with Crippen LogP contribution in [0.15, 0.2) is 26.9 Å². The van der Waals surface area contributed by atoms with Gasteiger partial charge in [-0.15, -0.1) is 0 Å². The van der Waals surface area contributed by atoms with Crippen LogP contribution >= 0.6 is 11.8 Å². The number of aromatic amines is 1. The van der Waals surface area contributed by atoms with E-state index in [1.54, 1.807) is 18.8 Å². The van der Waals surface area contributed by atoms with Gasteiger partial charge in [-0.2, -0.15) is 0 Å². The first kappa shape index (κ1) is 23.5. The molecular weight excluding hydrogens is 384 g/mol. The van der Waals surface area contributed by atoms with Crippen molar-refractivity contribution in [2.24, 2.45) is 7.05 Å². The molecule has 29 heavy (non-hydrogen) atoms. The Kier molecular flexibility index (Phi) is 9.78. The van der Waals surface area contributed by atoms with E-state index in [9.17, 15) is 9.59 Å². The van der Waals surface area contributed by atoms with E-state index in [1.807, 2.05) is 11.5 Å². The van der Waals surface area contributed by atoms with Crippen LogP contribution in [-0.2, 0) is 13.6 Å². The molecule has 0 saturated carbocycles. The van der Waals surface area contributed by atoms with Crippen LogP contribution in [0.5, 0.6) is 0 Å². The Bertz CT molecular complexity index is 910. The Hall–Kier alpha value is -1.76. The van der Waals surface area contributed by atoms with Gasteiger partial charge in [0, 0.05) is 19.3 Å². The number of rotatable bonds is 14. The van der Waals surface area contributed by atoms with E-state index < -0.39 is 5.69 Å². The number of aryl methyl sites for hydroxylation is 2. The Labute approximate surface area is 177 Å². The third kappa shape index (κ3) is 6.91. The molecule has 0 unspecified atom stereocenters. The fraction of sp³-hybridized carbons (Fsp3) is 0.682. The lowest BCUT2D eigenvalue weighted by atomic mass is 10.1. The molecule has 0 saturated heterocycles. The second kappa shape index (κ2) is 12.1. The smallest absolute Gasteiger partial charge is 0.313 e. The third-order valence-electron chi connectivity index (χ3n) is 5.15. The van der Waals surface area contributed by atoms with Crippen LogP contribution in [0.3, 0.4) is 0 Å². The van der Waals surface area contributed by atoms with Gasteiger partial charge in [-0.3, -0.25) is 14.3 Å². The van der Waals surface area contributed by atoms with Crippen molar-refractivity contribution in [3.63, 3.8) is 0 Å². The first-order valence-electron chi connectivity index (χ1n) is 10.9. The number of hydrogen-bond donors (Lipinski definition) is 1. The molecule has 6 nitrogen and oxygen atoms in total. The molecule has 0 aliphatic rings. The minimum absolute atomic E-state index is 0.357. The quantitative estimate of drug-likeness (QED) is 0.265. The van der Waals surface area contributed by atoms with E-state index in [0.29, 0.717) is 11.2 Å². The molecule has 1 N–H and O–H groups in total. The molecule has 0 spiro atoms. The fourth-order valence-corrected chi connectivity index (χ4v) is 4.34. The summed E-state index contributed by atoms with van der Waals surface area (Å²) in [5.41, 5.74) is 1.21. The van der Waals surface area contributed by atoms with Crippen LogP contribution in [0.1, 0.15) is 78.1 Å². The number of H-pyrrole nitrogens is 1. The summed E-state index contributed by atoms with van der Waals surface area (Å²) in [6.45, 7) is 8.92. The summed E-state index contributed by atoms with van der Waals surface area (Å²) in [6.07, 6.45) is 12.7. The van der Waals surface area contributed by atoms with E-state index >= 15 is 0 Å². The zero-order valence-corrected chi connectivity index (χ0v) is 19.1. The van der Waals surface area contributed by atoms with Crippen molar-refractivity contribution in [2.75, 3.05) is 5.75 Å². The van der Waals surface area contributed by atoms with Crippen molar-refractivity contribution >= 4 is 22.9 Å². The summed E-state index contributed by atoms with van der Waals surface area (Å²) in [4.78, 5) is 31.4. The summed E-state index contributed by atoms with van der Waals surface area (Å²) < 4.78 is 3.39. The van der Waals surface area contributed by atoms with Gasteiger partial charge in [-0.05, 0) is 13.3 Å². The summed E-state index contributed by atoms with van der Waals surface area (Å²) in [5, 5.41) is 0.783. The average molecular weight is 421 g/mol. The highest BCUT2D eigenvalue weighted by atomic mass is 32.2. The molecule has 0 bridgehead atoms. The van der Waals surface area contributed by atoms with Crippen LogP contribution < -0.4 is 11.2 Å². The third-order valence-corrected chi connectivity index (χ3v) is 6.36. The van der Waals surface area contributed by atoms with Crippen molar-refractivity contribution in [3.8, 4) is 0 Å². The summed E-state index contributed by atoms with van der Waals surface area (Å²) in [5.74, 6) is 0.743. The predicted octanol–water partition coefficient (Wildman–Crippen LogP) is 5.01. The van der Waals surface area contributed by atoms with Gasteiger partial charge in [0.15, 0.2) is 16.3 Å².